The molecule has 1 amide bonds. The molecular weight excluding hydrogens is 350 g/mol. The average Bonchev–Trinajstić information content (AvgIpc) is 2.66. The normalized spacial score (nSPS) is 12.5. The smallest absolute Gasteiger partial charge is 0.230 e. The highest BCUT2D eigenvalue weighted by Gasteiger charge is 2.12. The van der Waals surface area contributed by atoms with Crippen LogP contribution in [0, 0.1) is 6.92 Å². The molecule has 1 heterocycles. The number of ether oxygens (including phenoxy) is 3. The van der Waals surface area contributed by atoms with Crippen LogP contribution >= 0.6 is 11.8 Å². The number of hydrogen-bond acceptors (Lipinski definition) is 5. The number of benzene rings is 2. The number of carbonyl (C=O) groups excluding carboxylic acids is 1. The predicted molar refractivity (Wildman–Crippen MR) is 103 cm³/mol. The van der Waals surface area contributed by atoms with E-state index in [4.69, 9.17) is 14.2 Å². The number of fused-ring (bicyclic) bond motifs is 1. The van der Waals surface area contributed by atoms with Gasteiger partial charge in [-0.3, -0.25) is 4.79 Å². The molecule has 26 heavy (non-hydrogen) atoms. The summed E-state index contributed by atoms with van der Waals surface area (Å²) >= 11 is 1.49. The van der Waals surface area contributed by atoms with Crippen molar-refractivity contribution in [3.8, 4) is 17.2 Å². The molecule has 0 unspecified atom stereocenters. The Morgan fingerprint density at radius 1 is 1.15 bits per heavy atom. The fourth-order valence-electron chi connectivity index (χ4n) is 2.75. The standard InChI is InChI=1S/C20H23NO4S/c1-14-3-5-17(23-2)15(11-14)7-8-21-20(22)13-26-16-4-6-18-19(12-16)25-10-9-24-18/h3-6,11-12H,7-10,13H2,1-2H3,(H,21,22). The zero-order chi connectivity index (χ0) is 18.4. The Balaban J connectivity index is 1.45. The number of thioether (sulfide) groups is 1. The van der Waals surface area contributed by atoms with Crippen LogP contribution in [0.2, 0.25) is 0 Å². The summed E-state index contributed by atoms with van der Waals surface area (Å²) in [5, 5.41) is 2.96. The molecule has 2 aromatic carbocycles. The SMILES string of the molecule is COc1ccc(C)cc1CCNC(=O)CSc1ccc2c(c1)OCCO2. The van der Waals surface area contributed by atoms with Crippen molar-refractivity contribution in [3.63, 3.8) is 0 Å². The van der Waals surface area contributed by atoms with E-state index in [1.165, 1.54) is 17.3 Å². The average molecular weight is 373 g/mol. The van der Waals surface area contributed by atoms with Crippen molar-refractivity contribution in [1.29, 1.82) is 0 Å². The van der Waals surface area contributed by atoms with Gasteiger partial charge >= 0.3 is 0 Å². The van der Waals surface area contributed by atoms with Gasteiger partial charge in [-0.2, -0.15) is 0 Å². The number of nitrogens with one attached hydrogen (secondary N) is 1. The highest BCUT2D eigenvalue weighted by Crippen LogP contribution is 2.34. The maximum Gasteiger partial charge on any atom is 0.230 e. The lowest BCUT2D eigenvalue weighted by atomic mass is 10.1. The molecular formula is C20H23NO4S. The lowest BCUT2D eigenvalue weighted by molar-refractivity contribution is -0.118. The molecule has 1 aliphatic heterocycles. The molecule has 0 spiro atoms. The van der Waals surface area contributed by atoms with Crippen molar-refractivity contribution >= 4 is 17.7 Å². The Kier molecular flexibility index (Phi) is 6.28. The zero-order valence-electron chi connectivity index (χ0n) is 15.0. The van der Waals surface area contributed by atoms with Crippen molar-refractivity contribution in [2.24, 2.45) is 0 Å². The van der Waals surface area contributed by atoms with Crippen LogP contribution in [0.15, 0.2) is 41.3 Å². The van der Waals surface area contributed by atoms with E-state index < -0.39 is 0 Å². The molecule has 0 bridgehead atoms. The Bertz CT molecular complexity index is 778. The van der Waals surface area contributed by atoms with E-state index in [-0.39, 0.29) is 5.91 Å². The lowest BCUT2D eigenvalue weighted by Gasteiger charge is -2.18. The number of rotatable bonds is 7. The summed E-state index contributed by atoms with van der Waals surface area (Å²) in [4.78, 5) is 13.1. The van der Waals surface area contributed by atoms with Gasteiger partial charge in [-0.15, -0.1) is 11.8 Å². The minimum absolute atomic E-state index is 0.0107. The monoisotopic (exact) mass is 373 g/mol. The van der Waals surface area contributed by atoms with E-state index in [0.29, 0.717) is 25.5 Å². The van der Waals surface area contributed by atoms with Gasteiger partial charge in [0.2, 0.25) is 5.91 Å². The highest BCUT2D eigenvalue weighted by atomic mass is 32.2. The predicted octanol–water partition coefficient (Wildman–Crippen LogP) is 3.23. The largest absolute Gasteiger partial charge is 0.496 e. The second-order valence-corrected chi connectivity index (χ2v) is 7.06. The molecule has 6 heteroatoms. The highest BCUT2D eigenvalue weighted by molar-refractivity contribution is 8.00. The van der Waals surface area contributed by atoms with Crippen LogP contribution in [-0.2, 0) is 11.2 Å². The van der Waals surface area contributed by atoms with Crippen LogP contribution in [0.5, 0.6) is 17.2 Å². The molecule has 138 valence electrons. The Labute approximate surface area is 158 Å². The maximum absolute atomic E-state index is 12.1. The molecule has 0 aliphatic carbocycles. The van der Waals surface area contributed by atoms with Crippen molar-refractivity contribution < 1.29 is 19.0 Å². The summed E-state index contributed by atoms with van der Waals surface area (Å²) in [6.45, 7) is 3.77. The Morgan fingerprint density at radius 3 is 2.77 bits per heavy atom. The van der Waals surface area contributed by atoms with Gasteiger partial charge < -0.3 is 19.5 Å². The second-order valence-electron chi connectivity index (χ2n) is 6.01. The molecule has 1 aliphatic rings. The van der Waals surface area contributed by atoms with Gasteiger partial charge in [-0.1, -0.05) is 17.7 Å². The van der Waals surface area contributed by atoms with Crippen LogP contribution in [0.25, 0.3) is 0 Å². The van der Waals surface area contributed by atoms with Gasteiger partial charge in [0.25, 0.3) is 0 Å². The Morgan fingerprint density at radius 2 is 1.96 bits per heavy atom. The van der Waals surface area contributed by atoms with Gasteiger partial charge in [0.05, 0.1) is 12.9 Å². The fourth-order valence-corrected chi connectivity index (χ4v) is 3.51. The van der Waals surface area contributed by atoms with E-state index in [1.54, 1.807) is 7.11 Å². The minimum atomic E-state index is 0.0107. The lowest BCUT2D eigenvalue weighted by Crippen LogP contribution is -2.27. The van der Waals surface area contributed by atoms with Crippen LogP contribution < -0.4 is 19.5 Å². The first-order valence-corrected chi connectivity index (χ1v) is 9.57. The maximum atomic E-state index is 12.1. The molecule has 0 saturated carbocycles. The van der Waals surface area contributed by atoms with Gasteiger partial charge in [0.15, 0.2) is 11.5 Å². The number of aryl methyl sites for hydroxylation is 1. The van der Waals surface area contributed by atoms with Gasteiger partial charge in [-0.05, 0) is 43.2 Å². The van der Waals surface area contributed by atoms with Crippen LogP contribution in [-0.4, -0.2) is 38.5 Å². The molecule has 5 nitrogen and oxygen atoms in total. The van der Waals surface area contributed by atoms with Crippen molar-refractivity contribution in [2.45, 2.75) is 18.2 Å². The topological polar surface area (TPSA) is 56.8 Å². The molecule has 0 radical (unpaired) electrons. The van der Waals surface area contributed by atoms with Crippen LogP contribution in [0.4, 0.5) is 0 Å². The van der Waals surface area contributed by atoms with E-state index in [0.717, 1.165) is 34.1 Å². The molecule has 0 saturated heterocycles. The van der Waals surface area contributed by atoms with Gasteiger partial charge in [0, 0.05) is 11.4 Å². The third-order valence-electron chi connectivity index (χ3n) is 4.04. The van der Waals surface area contributed by atoms with Gasteiger partial charge in [-0.25, -0.2) is 0 Å². The summed E-state index contributed by atoms with van der Waals surface area (Å²) in [5.74, 6) is 2.74. The van der Waals surface area contributed by atoms with Crippen molar-refractivity contribution in [1.82, 2.24) is 5.32 Å². The molecule has 2 aromatic rings. The van der Waals surface area contributed by atoms with Crippen molar-refractivity contribution in [3.05, 3.63) is 47.5 Å². The minimum Gasteiger partial charge on any atom is -0.496 e. The molecule has 0 atom stereocenters. The number of methoxy groups -OCH3 is 1. The number of amides is 1. The van der Waals surface area contributed by atoms with Crippen LogP contribution in [0.1, 0.15) is 11.1 Å². The van der Waals surface area contributed by atoms with E-state index in [9.17, 15) is 4.79 Å². The first kappa shape index (κ1) is 18.5. The first-order chi connectivity index (χ1) is 12.7. The summed E-state index contributed by atoms with van der Waals surface area (Å²) < 4.78 is 16.4. The number of carbonyl (C=O) groups is 1. The van der Waals surface area contributed by atoms with Crippen molar-refractivity contribution in [2.75, 3.05) is 32.6 Å². The van der Waals surface area contributed by atoms with E-state index in [1.807, 2.05) is 37.3 Å². The summed E-state index contributed by atoms with van der Waals surface area (Å²) in [5.41, 5.74) is 2.29. The third kappa shape index (κ3) is 4.85. The molecule has 3 rings (SSSR count). The van der Waals surface area contributed by atoms with E-state index in [2.05, 4.69) is 11.4 Å². The number of hydrogen-bond donors (Lipinski definition) is 1. The second kappa shape index (κ2) is 8.85. The van der Waals surface area contributed by atoms with E-state index >= 15 is 0 Å². The first-order valence-electron chi connectivity index (χ1n) is 8.58. The molecule has 0 fully saturated rings. The van der Waals surface area contributed by atoms with Crippen LogP contribution in [0.3, 0.4) is 0 Å². The third-order valence-corrected chi connectivity index (χ3v) is 5.03. The molecule has 0 aromatic heterocycles. The summed E-state index contributed by atoms with van der Waals surface area (Å²) in [7, 11) is 1.66. The molecule has 1 N–H and O–H groups in total. The quantitative estimate of drug-likeness (QED) is 0.755. The summed E-state index contributed by atoms with van der Waals surface area (Å²) in [6.07, 6.45) is 0.741. The zero-order valence-corrected chi connectivity index (χ0v) is 15.9. The fraction of sp³-hybridized carbons (Fsp3) is 0.350. The summed E-state index contributed by atoms with van der Waals surface area (Å²) in [6, 6.07) is 11.8. The van der Waals surface area contributed by atoms with Gasteiger partial charge in [0.1, 0.15) is 19.0 Å². The Hall–Kier alpha value is -2.34.